The van der Waals surface area contributed by atoms with Crippen LogP contribution in [0, 0.1) is 24.1 Å². The highest BCUT2D eigenvalue weighted by Gasteiger charge is 2.10. The van der Waals surface area contributed by atoms with Gasteiger partial charge in [0.1, 0.15) is 11.6 Å². The molecule has 1 aromatic heterocycles. The van der Waals surface area contributed by atoms with Crippen LogP contribution in [-0.4, -0.2) is 12.1 Å². The molecule has 3 nitrogen and oxygen atoms in total. The normalized spacial score (nSPS) is 9.89. The molecule has 0 spiro atoms. The first-order chi connectivity index (χ1) is 8.65. The second-order valence-corrected chi connectivity index (χ2v) is 3.87. The molecule has 0 radical (unpaired) electrons. The molecular weight excluding hydrogens is 231 g/mol. The number of aromatic nitrogens is 1. The van der Waals surface area contributed by atoms with Crippen LogP contribution in [0.2, 0.25) is 0 Å². The van der Waals surface area contributed by atoms with E-state index in [1.165, 1.54) is 19.2 Å². The summed E-state index contributed by atoms with van der Waals surface area (Å²) in [4.78, 5) is 4.00. The topological polar surface area (TPSA) is 45.9 Å². The van der Waals surface area contributed by atoms with Gasteiger partial charge in [-0.3, -0.25) is 4.98 Å². The molecule has 18 heavy (non-hydrogen) atoms. The number of nitrogens with zero attached hydrogens (tertiary/aromatic N) is 2. The van der Waals surface area contributed by atoms with Gasteiger partial charge in [-0.05, 0) is 30.7 Å². The van der Waals surface area contributed by atoms with Crippen LogP contribution in [0.4, 0.5) is 4.39 Å². The Balaban J connectivity index is 2.63. The first kappa shape index (κ1) is 12.1. The number of hydrogen-bond donors (Lipinski definition) is 0. The average molecular weight is 242 g/mol. The number of aryl methyl sites for hydroxylation is 1. The minimum absolute atomic E-state index is 0.341. The van der Waals surface area contributed by atoms with Gasteiger partial charge in [-0.25, -0.2) is 4.39 Å². The minimum atomic E-state index is -0.341. The Morgan fingerprint density at radius 2 is 2.06 bits per heavy atom. The summed E-state index contributed by atoms with van der Waals surface area (Å²) in [7, 11) is 1.53. The molecule has 0 fully saturated rings. The Labute approximate surface area is 104 Å². The van der Waals surface area contributed by atoms with Crippen LogP contribution in [0.5, 0.6) is 5.75 Å². The molecular formula is C14H11FN2O. The summed E-state index contributed by atoms with van der Waals surface area (Å²) in [5.74, 6) is 0.226. The maximum absolute atomic E-state index is 13.6. The van der Waals surface area contributed by atoms with Crippen molar-refractivity contribution in [2.45, 2.75) is 6.92 Å². The van der Waals surface area contributed by atoms with Gasteiger partial charge in [0.05, 0.1) is 24.9 Å². The summed E-state index contributed by atoms with van der Waals surface area (Å²) in [6, 6.07) is 6.67. The van der Waals surface area contributed by atoms with E-state index in [9.17, 15) is 4.39 Å². The number of halogens is 1. The SMILES string of the molecule is COc1cncc(-c2cc(F)c(C)cc2C#N)c1. The van der Waals surface area contributed by atoms with E-state index < -0.39 is 0 Å². The largest absolute Gasteiger partial charge is 0.495 e. The van der Waals surface area contributed by atoms with Crippen LogP contribution >= 0.6 is 0 Å². The molecule has 1 heterocycles. The third-order valence-corrected chi connectivity index (χ3v) is 2.68. The van der Waals surface area contributed by atoms with E-state index in [0.717, 1.165) is 0 Å². The number of rotatable bonds is 2. The number of nitriles is 1. The molecule has 0 bridgehead atoms. The fraction of sp³-hybridized carbons (Fsp3) is 0.143. The van der Waals surface area contributed by atoms with E-state index in [2.05, 4.69) is 11.1 Å². The van der Waals surface area contributed by atoms with Crippen LogP contribution in [-0.2, 0) is 0 Å². The van der Waals surface area contributed by atoms with Gasteiger partial charge >= 0.3 is 0 Å². The molecule has 1 aromatic carbocycles. The van der Waals surface area contributed by atoms with Gasteiger partial charge < -0.3 is 4.74 Å². The fourth-order valence-electron chi connectivity index (χ4n) is 1.69. The number of methoxy groups -OCH3 is 1. The molecule has 0 N–H and O–H groups in total. The van der Waals surface area contributed by atoms with E-state index in [1.807, 2.05) is 0 Å². The van der Waals surface area contributed by atoms with Gasteiger partial charge in [-0.1, -0.05) is 0 Å². The number of ether oxygens (including phenoxy) is 1. The molecule has 2 aromatic rings. The number of benzene rings is 1. The highest BCUT2D eigenvalue weighted by molar-refractivity contribution is 5.71. The Hall–Kier alpha value is -2.41. The van der Waals surface area contributed by atoms with Crippen LogP contribution in [0.15, 0.2) is 30.6 Å². The maximum atomic E-state index is 13.6. The van der Waals surface area contributed by atoms with Crippen molar-refractivity contribution in [2.75, 3.05) is 7.11 Å². The Kier molecular flexibility index (Phi) is 3.24. The summed E-state index contributed by atoms with van der Waals surface area (Å²) >= 11 is 0. The third-order valence-electron chi connectivity index (χ3n) is 2.68. The van der Waals surface area contributed by atoms with Crippen molar-refractivity contribution < 1.29 is 9.13 Å². The molecule has 0 unspecified atom stereocenters. The molecule has 0 aliphatic carbocycles. The Bertz CT molecular complexity index is 632. The molecule has 0 saturated carbocycles. The van der Waals surface area contributed by atoms with E-state index in [0.29, 0.717) is 28.0 Å². The van der Waals surface area contributed by atoms with E-state index in [4.69, 9.17) is 10.00 Å². The van der Waals surface area contributed by atoms with Crippen molar-refractivity contribution in [1.29, 1.82) is 5.26 Å². The van der Waals surface area contributed by atoms with Gasteiger partial charge in [0, 0.05) is 17.3 Å². The third kappa shape index (κ3) is 2.16. The van der Waals surface area contributed by atoms with Crippen molar-refractivity contribution in [3.8, 4) is 22.9 Å². The number of pyridine rings is 1. The average Bonchev–Trinajstić information content (AvgIpc) is 2.41. The van der Waals surface area contributed by atoms with Gasteiger partial charge in [0.15, 0.2) is 0 Å². The van der Waals surface area contributed by atoms with Crippen LogP contribution in [0.3, 0.4) is 0 Å². The molecule has 4 heteroatoms. The van der Waals surface area contributed by atoms with E-state index >= 15 is 0 Å². The standard InChI is InChI=1S/C14H11FN2O/c1-9-3-10(6-16)13(5-14(9)15)11-4-12(18-2)8-17-7-11/h3-5,7-8H,1-2H3. The zero-order chi connectivity index (χ0) is 13.1. The van der Waals surface area contributed by atoms with Gasteiger partial charge in [-0.15, -0.1) is 0 Å². The van der Waals surface area contributed by atoms with Crippen molar-refractivity contribution in [1.82, 2.24) is 4.98 Å². The van der Waals surface area contributed by atoms with Gasteiger partial charge in [0.2, 0.25) is 0 Å². The van der Waals surface area contributed by atoms with Gasteiger partial charge in [-0.2, -0.15) is 5.26 Å². The summed E-state index contributed by atoms with van der Waals surface area (Å²) in [6.07, 6.45) is 3.13. The quantitative estimate of drug-likeness (QED) is 0.813. The molecule has 0 atom stereocenters. The minimum Gasteiger partial charge on any atom is -0.495 e. The van der Waals surface area contributed by atoms with Crippen molar-refractivity contribution in [3.63, 3.8) is 0 Å². The second kappa shape index (κ2) is 4.84. The van der Waals surface area contributed by atoms with Gasteiger partial charge in [0.25, 0.3) is 0 Å². The number of hydrogen-bond acceptors (Lipinski definition) is 3. The highest BCUT2D eigenvalue weighted by Crippen LogP contribution is 2.27. The zero-order valence-corrected chi connectivity index (χ0v) is 10.1. The van der Waals surface area contributed by atoms with Crippen LogP contribution < -0.4 is 4.74 Å². The van der Waals surface area contributed by atoms with Crippen molar-refractivity contribution >= 4 is 0 Å². The summed E-state index contributed by atoms with van der Waals surface area (Å²) in [5.41, 5.74) is 2.05. The summed E-state index contributed by atoms with van der Waals surface area (Å²) in [6.45, 7) is 1.63. The second-order valence-electron chi connectivity index (χ2n) is 3.87. The first-order valence-electron chi connectivity index (χ1n) is 5.35. The smallest absolute Gasteiger partial charge is 0.137 e. The lowest BCUT2D eigenvalue weighted by atomic mass is 9.99. The highest BCUT2D eigenvalue weighted by atomic mass is 19.1. The molecule has 2 rings (SSSR count). The van der Waals surface area contributed by atoms with Crippen LogP contribution in [0.1, 0.15) is 11.1 Å². The lowest BCUT2D eigenvalue weighted by molar-refractivity contribution is 0.413. The van der Waals surface area contributed by atoms with E-state index in [-0.39, 0.29) is 5.82 Å². The maximum Gasteiger partial charge on any atom is 0.137 e. The first-order valence-corrected chi connectivity index (χ1v) is 5.35. The molecule has 0 aliphatic rings. The molecule has 90 valence electrons. The predicted molar refractivity (Wildman–Crippen MR) is 65.6 cm³/mol. The fourth-order valence-corrected chi connectivity index (χ4v) is 1.69. The Morgan fingerprint density at radius 3 is 2.72 bits per heavy atom. The summed E-state index contributed by atoms with van der Waals surface area (Å²) < 4.78 is 18.7. The van der Waals surface area contributed by atoms with Crippen molar-refractivity contribution in [3.05, 3.63) is 47.5 Å². The molecule has 0 aliphatic heterocycles. The lowest BCUT2D eigenvalue weighted by Crippen LogP contribution is -1.92. The van der Waals surface area contributed by atoms with Crippen LogP contribution in [0.25, 0.3) is 11.1 Å². The monoisotopic (exact) mass is 242 g/mol. The molecule has 0 amide bonds. The zero-order valence-electron chi connectivity index (χ0n) is 10.1. The predicted octanol–water partition coefficient (Wildman–Crippen LogP) is 3.08. The Morgan fingerprint density at radius 1 is 1.28 bits per heavy atom. The van der Waals surface area contributed by atoms with Crippen molar-refractivity contribution in [2.24, 2.45) is 0 Å². The summed E-state index contributed by atoms with van der Waals surface area (Å²) in [5, 5.41) is 9.10. The molecule has 0 saturated heterocycles. The lowest BCUT2D eigenvalue weighted by Gasteiger charge is -2.07. The van der Waals surface area contributed by atoms with E-state index in [1.54, 1.807) is 25.4 Å².